The lowest BCUT2D eigenvalue weighted by molar-refractivity contribution is 0.0533. The highest BCUT2D eigenvalue weighted by molar-refractivity contribution is 7.15. The predicted molar refractivity (Wildman–Crippen MR) is 78.7 cm³/mol. The third-order valence-electron chi connectivity index (χ3n) is 2.94. The van der Waals surface area contributed by atoms with Crippen LogP contribution in [0.15, 0.2) is 4.99 Å². The number of aliphatic imine (C=N–C) groups is 1. The summed E-state index contributed by atoms with van der Waals surface area (Å²) in [5.41, 5.74) is 6.18. The second-order valence-electron chi connectivity index (χ2n) is 4.38. The average molecular weight is 295 g/mol. The monoisotopic (exact) mass is 295 g/mol. The maximum atomic E-state index is 12.0. The minimum Gasteiger partial charge on any atom is -0.462 e. The number of amides is 1. The number of thiophene rings is 1. The highest BCUT2D eigenvalue weighted by Crippen LogP contribution is 2.34. The van der Waals surface area contributed by atoms with Crippen molar-refractivity contribution in [2.75, 3.05) is 18.5 Å². The lowest BCUT2D eigenvalue weighted by Crippen LogP contribution is -2.18. The summed E-state index contributed by atoms with van der Waals surface area (Å²) < 4.78 is 5.02. The van der Waals surface area contributed by atoms with Crippen molar-refractivity contribution in [1.29, 1.82) is 0 Å². The van der Waals surface area contributed by atoms with Gasteiger partial charge in [-0.3, -0.25) is 9.79 Å². The summed E-state index contributed by atoms with van der Waals surface area (Å²) in [5, 5.41) is 3.08. The van der Waals surface area contributed by atoms with E-state index in [0.717, 1.165) is 25.2 Å². The Labute approximate surface area is 121 Å². The maximum Gasteiger partial charge on any atom is 0.350 e. The van der Waals surface area contributed by atoms with E-state index in [4.69, 9.17) is 10.5 Å². The number of aryl methyl sites for hydroxylation is 1. The summed E-state index contributed by atoms with van der Waals surface area (Å²) in [4.78, 5) is 28.9. The molecule has 7 heteroatoms. The maximum absolute atomic E-state index is 12.0. The quantitative estimate of drug-likeness (QED) is 0.830. The van der Waals surface area contributed by atoms with Gasteiger partial charge in [0.05, 0.1) is 17.9 Å². The Kier molecular flexibility index (Phi) is 4.39. The lowest BCUT2D eigenvalue weighted by Gasteiger charge is -2.09. The van der Waals surface area contributed by atoms with Crippen molar-refractivity contribution >= 4 is 34.7 Å². The molecule has 1 aliphatic heterocycles. The van der Waals surface area contributed by atoms with Gasteiger partial charge in [0.25, 0.3) is 5.91 Å². The molecule has 0 saturated heterocycles. The van der Waals surface area contributed by atoms with Gasteiger partial charge < -0.3 is 15.8 Å². The van der Waals surface area contributed by atoms with Gasteiger partial charge in [-0.25, -0.2) is 4.79 Å². The number of hydrogen-bond donors (Lipinski definition) is 2. The Morgan fingerprint density at radius 1 is 1.50 bits per heavy atom. The molecule has 1 aromatic rings. The van der Waals surface area contributed by atoms with E-state index in [9.17, 15) is 9.59 Å². The first-order chi connectivity index (χ1) is 9.54. The summed E-state index contributed by atoms with van der Waals surface area (Å²) in [6.07, 6.45) is 1.77. The highest BCUT2D eigenvalue weighted by Gasteiger charge is 2.26. The van der Waals surface area contributed by atoms with Gasteiger partial charge in [0.2, 0.25) is 0 Å². The van der Waals surface area contributed by atoms with Crippen LogP contribution >= 0.6 is 11.3 Å². The Bertz CT molecular complexity index is 578. The first kappa shape index (κ1) is 14.5. The number of nitrogens with one attached hydrogen (secondary N) is 1. The van der Waals surface area contributed by atoms with Crippen molar-refractivity contribution in [3.63, 3.8) is 0 Å². The van der Waals surface area contributed by atoms with Crippen LogP contribution in [0.2, 0.25) is 0 Å². The van der Waals surface area contributed by atoms with Crippen LogP contribution in [0.25, 0.3) is 0 Å². The molecule has 0 aromatic carbocycles. The number of hydrogen-bond acceptors (Lipinski definition) is 6. The molecule has 0 bridgehead atoms. The molecule has 0 radical (unpaired) electrons. The number of nitrogens with zero attached hydrogens (tertiary/aromatic N) is 1. The topological polar surface area (TPSA) is 93.8 Å². The summed E-state index contributed by atoms with van der Waals surface area (Å²) in [6, 6.07) is 0. The Balaban J connectivity index is 2.42. The van der Waals surface area contributed by atoms with E-state index in [0.29, 0.717) is 21.0 Å². The van der Waals surface area contributed by atoms with E-state index >= 15 is 0 Å². The molecular formula is C13H17N3O3S. The normalized spacial score (nSPS) is 14.0. The Morgan fingerprint density at radius 3 is 2.80 bits per heavy atom. The number of anilines is 1. The number of esters is 1. The fraction of sp³-hybridized carbons (Fsp3) is 0.462. The van der Waals surface area contributed by atoms with E-state index < -0.39 is 11.9 Å². The molecule has 2 heterocycles. The van der Waals surface area contributed by atoms with Gasteiger partial charge in [-0.2, -0.15) is 0 Å². The van der Waals surface area contributed by atoms with Gasteiger partial charge in [-0.15, -0.1) is 11.3 Å². The minimum absolute atomic E-state index is 0.280. The standard InChI is InChI=1S/C13H17N3O3S/c1-3-19-13(18)11-10(16-8-5-4-6-15-8)9(12(14)17)7(2)20-11/h3-6H2,1-2H3,(H2,14,17)(H,15,16). The van der Waals surface area contributed by atoms with E-state index in [1.54, 1.807) is 13.8 Å². The van der Waals surface area contributed by atoms with Gasteiger partial charge in [0.1, 0.15) is 10.7 Å². The fourth-order valence-corrected chi connectivity index (χ4v) is 3.10. The second kappa shape index (κ2) is 6.04. The average Bonchev–Trinajstić information content (AvgIpc) is 2.98. The largest absolute Gasteiger partial charge is 0.462 e. The predicted octanol–water partition coefficient (Wildman–Crippen LogP) is 1.94. The molecule has 0 spiro atoms. The number of amidine groups is 1. The number of ether oxygens (including phenoxy) is 1. The third-order valence-corrected chi connectivity index (χ3v) is 4.02. The number of nitrogens with two attached hydrogens (primary N) is 1. The summed E-state index contributed by atoms with van der Waals surface area (Å²) in [6.45, 7) is 4.53. The van der Waals surface area contributed by atoms with E-state index in [2.05, 4.69) is 10.3 Å². The first-order valence-corrected chi connectivity index (χ1v) is 7.26. The minimum atomic E-state index is -0.560. The van der Waals surface area contributed by atoms with Crippen LogP contribution in [-0.4, -0.2) is 30.9 Å². The van der Waals surface area contributed by atoms with Crippen LogP contribution < -0.4 is 11.1 Å². The van der Waals surface area contributed by atoms with Crippen molar-refractivity contribution in [3.8, 4) is 0 Å². The first-order valence-electron chi connectivity index (χ1n) is 6.45. The lowest BCUT2D eigenvalue weighted by atomic mass is 10.2. The second-order valence-corrected chi connectivity index (χ2v) is 5.60. The molecule has 0 saturated carbocycles. The zero-order valence-electron chi connectivity index (χ0n) is 11.5. The van der Waals surface area contributed by atoms with Crippen LogP contribution in [-0.2, 0) is 4.74 Å². The van der Waals surface area contributed by atoms with Crippen LogP contribution in [0.5, 0.6) is 0 Å². The van der Waals surface area contributed by atoms with E-state index in [1.165, 1.54) is 11.3 Å². The van der Waals surface area contributed by atoms with Gasteiger partial charge in [-0.05, 0) is 20.3 Å². The van der Waals surface area contributed by atoms with Gasteiger partial charge in [0.15, 0.2) is 0 Å². The Hall–Kier alpha value is -1.89. The van der Waals surface area contributed by atoms with Crippen LogP contribution in [0.1, 0.15) is 44.7 Å². The number of carbonyl (C=O) groups is 2. The molecule has 108 valence electrons. The SMILES string of the molecule is CCOC(=O)c1sc(C)c(C(N)=O)c1NC1=NCCC1. The number of rotatable bonds is 4. The molecule has 0 aliphatic carbocycles. The summed E-state index contributed by atoms with van der Waals surface area (Å²) in [5.74, 6) is -0.236. The molecule has 1 aliphatic rings. The van der Waals surface area contributed by atoms with Crippen molar-refractivity contribution in [3.05, 3.63) is 15.3 Å². The van der Waals surface area contributed by atoms with Gasteiger partial charge in [-0.1, -0.05) is 0 Å². The molecule has 6 nitrogen and oxygen atoms in total. The zero-order chi connectivity index (χ0) is 14.7. The Morgan fingerprint density at radius 2 is 2.25 bits per heavy atom. The number of carbonyl (C=O) groups excluding carboxylic acids is 2. The molecule has 3 N–H and O–H groups in total. The molecule has 1 aromatic heterocycles. The smallest absolute Gasteiger partial charge is 0.350 e. The van der Waals surface area contributed by atoms with Gasteiger partial charge in [0, 0.05) is 17.8 Å². The van der Waals surface area contributed by atoms with Crippen molar-refractivity contribution in [2.24, 2.45) is 10.7 Å². The van der Waals surface area contributed by atoms with Crippen molar-refractivity contribution < 1.29 is 14.3 Å². The molecule has 0 fully saturated rings. The highest BCUT2D eigenvalue weighted by atomic mass is 32.1. The molecule has 1 amide bonds. The number of primary amides is 1. The molecule has 0 atom stereocenters. The third kappa shape index (κ3) is 2.82. The van der Waals surface area contributed by atoms with E-state index in [1.807, 2.05) is 0 Å². The zero-order valence-corrected chi connectivity index (χ0v) is 12.3. The van der Waals surface area contributed by atoms with Crippen LogP contribution in [0.4, 0.5) is 5.69 Å². The summed E-state index contributed by atoms with van der Waals surface area (Å²) >= 11 is 1.21. The van der Waals surface area contributed by atoms with Crippen LogP contribution in [0, 0.1) is 6.92 Å². The van der Waals surface area contributed by atoms with Crippen molar-refractivity contribution in [1.82, 2.24) is 0 Å². The summed E-state index contributed by atoms with van der Waals surface area (Å²) in [7, 11) is 0. The van der Waals surface area contributed by atoms with Crippen LogP contribution in [0.3, 0.4) is 0 Å². The molecule has 2 rings (SSSR count). The van der Waals surface area contributed by atoms with Crippen molar-refractivity contribution in [2.45, 2.75) is 26.7 Å². The molecule has 20 heavy (non-hydrogen) atoms. The molecular weight excluding hydrogens is 278 g/mol. The van der Waals surface area contributed by atoms with Gasteiger partial charge >= 0.3 is 5.97 Å². The fourth-order valence-electron chi connectivity index (χ4n) is 2.09. The van der Waals surface area contributed by atoms with E-state index in [-0.39, 0.29) is 6.61 Å². The molecule has 0 unspecified atom stereocenters.